The van der Waals surface area contributed by atoms with E-state index in [0.29, 0.717) is 18.3 Å². The van der Waals surface area contributed by atoms with Crippen molar-refractivity contribution in [2.24, 2.45) is 0 Å². The zero-order valence-electron chi connectivity index (χ0n) is 15.1. The van der Waals surface area contributed by atoms with E-state index < -0.39 is 0 Å². The summed E-state index contributed by atoms with van der Waals surface area (Å²) < 4.78 is 7.30. The molecule has 0 N–H and O–H groups in total. The SMILES string of the molecule is CN(Cc1cccc(Cn2cccn2)c1)Cc1nc(-c2cccnc2)no1. The Kier molecular flexibility index (Phi) is 5.02. The van der Waals surface area contributed by atoms with Gasteiger partial charge in [0.15, 0.2) is 0 Å². The second-order valence-electron chi connectivity index (χ2n) is 6.45. The van der Waals surface area contributed by atoms with Crippen LogP contribution >= 0.6 is 0 Å². The molecule has 3 aromatic heterocycles. The first-order valence-corrected chi connectivity index (χ1v) is 8.73. The Bertz CT molecular complexity index is 981. The minimum absolute atomic E-state index is 0.563. The van der Waals surface area contributed by atoms with Crippen LogP contribution in [0.5, 0.6) is 0 Å². The van der Waals surface area contributed by atoms with Gasteiger partial charge in [-0.25, -0.2) is 0 Å². The first-order chi connectivity index (χ1) is 13.3. The van der Waals surface area contributed by atoms with Gasteiger partial charge < -0.3 is 4.52 Å². The summed E-state index contributed by atoms with van der Waals surface area (Å²) in [6.07, 6.45) is 7.21. The van der Waals surface area contributed by atoms with Crippen LogP contribution in [0.3, 0.4) is 0 Å². The molecule has 136 valence electrons. The van der Waals surface area contributed by atoms with Gasteiger partial charge in [-0.3, -0.25) is 14.6 Å². The quantitative estimate of drug-likeness (QED) is 0.504. The monoisotopic (exact) mass is 360 g/mol. The number of hydrogen-bond donors (Lipinski definition) is 0. The highest BCUT2D eigenvalue weighted by Crippen LogP contribution is 2.15. The maximum Gasteiger partial charge on any atom is 0.241 e. The third-order valence-electron chi connectivity index (χ3n) is 4.14. The highest BCUT2D eigenvalue weighted by atomic mass is 16.5. The van der Waals surface area contributed by atoms with E-state index in [-0.39, 0.29) is 0 Å². The van der Waals surface area contributed by atoms with Crippen LogP contribution < -0.4 is 0 Å². The fraction of sp³-hybridized carbons (Fsp3) is 0.200. The molecule has 1 aromatic carbocycles. The molecule has 7 nitrogen and oxygen atoms in total. The van der Waals surface area contributed by atoms with E-state index in [1.54, 1.807) is 18.6 Å². The van der Waals surface area contributed by atoms with Gasteiger partial charge in [0.1, 0.15) is 0 Å². The molecule has 0 unspecified atom stereocenters. The Morgan fingerprint density at radius 1 is 1.04 bits per heavy atom. The fourth-order valence-corrected chi connectivity index (χ4v) is 2.94. The smallest absolute Gasteiger partial charge is 0.241 e. The minimum Gasteiger partial charge on any atom is -0.338 e. The van der Waals surface area contributed by atoms with Crippen LogP contribution in [0.2, 0.25) is 0 Å². The van der Waals surface area contributed by atoms with E-state index in [1.807, 2.05) is 36.1 Å². The van der Waals surface area contributed by atoms with Gasteiger partial charge in [0.25, 0.3) is 0 Å². The lowest BCUT2D eigenvalue weighted by Crippen LogP contribution is -2.17. The maximum atomic E-state index is 5.38. The van der Waals surface area contributed by atoms with Crippen LogP contribution in [-0.2, 0) is 19.6 Å². The van der Waals surface area contributed by atoms with E-state index in [0.717, 1.165) is 18.7 Å². The van der Waals surface area contributed by atoms with Gasteiger partial charge in [-0.2, -0.15) is 10.1 Å². The zero-order valence-corrected chi connectivity index (χ0v) is 15.1. The summed E-state index contributed by atoms with van der Waals surface area (Å²) in [6.45, 7) is 2.14. The molecule has 27 heavy (non-hydrogen) atoms. The van der Waals surface area contributed by atoms with Crippen molar-refractivity contribution in [1.29, 1.82) is 0 Å². The third kappa shape index (κ3) is 4.45. The molecule has 4 aromatic rings. The van der Waals surface area contributed by atoms with E-state index in [2.05, 4.69) is 49.4 Å². The lowest BCUT2D eigenvalue weighted by atomic mass is 10.1. The number of pyridine rings is 1. The van der Waals surface area contributed by atoms with E-state index in [1.165, 1.54) is 11.1 Å². The summed E-state index contributed by atoms with van der Waals surface area (Å²) in [5, 5.41) is 8.30. The average molecular weight is 360 g/mol. The molecule has 0 radical (unpaired) electrons. The predicted octanol–water partition coefficient (Wildman–Crippen LogP) is 3.01. The van der Waals surface area contributed by atoms with E-state index in [9.17, 15) is 0 Å². The van der Waals surface area contributed by atoms with Crippen molar-refractivity contribution in [3.63, 3.8) is 0 Å². The third-order valence-corrected chi connectivity index (χ3v) is 4.14. The molecule has 0 spiro atoms. The first kappa shape index (κ1) is 17.1. The second-order valence-corrected chi connectivity index (χ2v) is 6.45. The average Bonchev–Trinajstić information content (AvgIpc) is 3.35. The van der Waals surface area contributed by atoms with Gasteiger partial charge in [-0.15, -0.1) is 0 Å². The van der Waals surface area contributed by atoms with Crippen molar-refractivity contribution >= 4 is 0 Å². The Morgan fingerprint density at radius 2 is 1.96 bits per heavy atom. The summed E-state index contributed by atoms with van der Waals surface area (Å²) in [4.78, 5) is 10.7. The predicted molar refractivity (Wildman–Crippen MR) is 100 cm³/mol. The van der Waals surface area contributed by atoms with E-state index in [4.69, 9.17) is 4.52 Å². The summed E-state index contributed by atoms with van der Waals surface area (Å²) in [5.41, 5.74) is 3.30. The Labute approximate surface area is 157 Å². The van der Waals surface area contributed by atoms with Gasteiger partial charge in [0.2, 0.25) is 11.7 Å². The molecule has 7 heteroatoms. The minimum atomic E-state index is 0.563. The highest BCUT2D eigenvalue weighted by Gasteiger charge is 2.11. The highest BCUT2D eigenvalue weighted by molar-refractivity contribution is 5.51. The number of nitrogens with zero attached hydrogens (tertiary/aromatic N) is 6. The Morgan fingerprint density at radius 3 is 2.78 bits per heavy atom. The van der Waals surface area contributed by atoms with Crippen LogP contribution in [0.15, 0.2) is 71.8 Å². The lowest BCUT2D eigenvalue weighted by Gasteiger charge is -2.15. The van der Waals surface area contributed by atoms with Crippen molar-refractivity contribution < 1.29 is 4.52 Å². The molecule has 0 saturated carbocycles. The van der Waals surface area contributed by atoms with Crippen molar-refractivity contribution in [2.75, 3.05) is 7.05 Å². The van der Waals surface area contributed by atoms with Crippen LogP contribution in [-0.4, -0.2) is 36.9 Å². The molecule has 0 saturated heterocycles. The topological polar surface area (TPSA) is 72.9 Å². The molecule has 0 aliphatic carbocycles. The molecule has 0 amide bonds. The fourth-order valence-electron chi connectivity index (χ4n) is 2.94. The summed E-state index contributed by atoms with van der Waals surface area (Å²) in [5.74, 6) is 1.15. The standard InChI is InChI=1S/C20H20N6O/c1-25(15-19-23-20(24-27-19)18-7-3-8-21-12-18)13-16-5-2-6-17(11-16)14-26-10-4-9-22-26/h2-12H,13-15H2,1H3. The maximum absolute atomic E-state index is 5.38. The Balaban J connectivity index is 1.38. The molecule has 4 rings (SSSR count). The molecule has 3 heterocycles. The second kappa shape index (κ2) is 7.92. The Hall–Kier alpha value is -3.32. The first-order valence-electron chi connectivity index (χ1n) is 8.73. The van der Waals surface area contributed by atoms with Crippen LogP contribution in [0.4, 0.5) is 0 Å². The molecule has 0 atom stereocenters. The van der Waals surface area contributed by atoms with Crippen molar-refractivity contribution in [1.82, 2.24) is 29.8 Å². The summed E-state index contributed by atoms with van der Waals surface area (Å²) >= 11 is 0. The van der Waals surface area contributed by atoms with E-state index >= 15 is 0 Å². The van der Waals surface area contributed by atoms with Crippen molar-refractivity contribution in [3.05, 3.63) is 84.3 Å². The number of aromatic nitrogens is 5. The molecule has 0 bridgehead atoms. The van der Waals surface area contributed by atoms with Crippen LogP contribution in [0.1, 0.15) is 17.0 Å². The van der Waals surface area contributed by atoms with Crippen LogP contribution in [0.25, 0.3) is 11.4 Å². The normalized spacial score (nSPS) is 11.2. The largest absolute Gasteiger partial charge is 0.338 e. The number of rotatable bonds is 7. The van der Waals surface area contributed by atoms with Gasteiger partial charge in [-0.1, -0.05) is 29.4 Å². The van der Waals surface area contributed by atoms with Crippen LogP contribution in [0, 0.1) is 0 Å². The number of hydrogen-bond acceptors (Lipinski definition) is 6. The number of benzene rings is 1. The van der Waals surface area contributed by atoms with Gasteiger partial charge in [0.05, 0.1) is 13.1 Å². The van der Waals surface area contributed by atoms with Gasteiger partial charge in [-0.05, 0) is 36.4 Å². The molecule has 0 aliphatic rings. The molecular weight excluding hydrogens is 340 g/mol. The molecular formula is C20H20N6O. The molecule has 0 aliphatic heterocycles. The summed E-state index contributed by atoms with van der Waals surface area (Å²) in [7, 11) is 2.04. The zero-order chi connectivity index (χ0) is 18.5. The van der Waals surface area contributed by atoms with Crippen molar-refractivity contribution in [3.8, 4) is 11.4 Å². The lowest BCUT2D eigenvalue weighted by molar-refractivity contribution is 0.261. The summed E-state index contributed by atoms with van der Waals surface area (Å²) in [6, 6.07) is 14.2. The van der Waals surface area contributed by atoms with Gasteiger partial charge in [0, 0.05) is 36.9 Å². The van der Waals surface area contributed by atoms with Gasteiger partial charge >= 0.3 is 0 Å². The molecule has 0 fully saturated rings. The van der Waals surface area contributed by atoms with Crippen molar-refractivity contribution in [2.45, 2.75) is 19.6 Å².